The van der Waals surface area contributed by atoms with Gasteiger partial charge < -0.3 is 5.32 Å². The lowest BCUT2D eigenvalue weighted by Crippen LogP contribution is -2.38. The Bertz CT molecular complexity index is 1010. The van der Waals surface area contributed by atoms with Crippen LogP contribution in [0, 0.1) is 6.92 Å². The molecule has 2 aliphatic rings. The maximum atomic E-state index is 13.5. The Balaban J connectivity index is 1.57. The Hall–Kier alpha value is -2.20. The summed E-state index contributed by atoms with van der Waals surface area (Å²) in [5.41, 5.74) is 1.62. The first kappa shape index (κ1) is 21.0. The van der Waals surface area contributed by atoms with Crippen molar-refractivity contribution in [2.45, 2.75) is 82.3 Å². The van der Waals surface area contributed by atoms with Crippen LogP contribution in [-0.2, 0) is 16.6 Å². The summed E-state index contributed by atoms with van der Waals surface area (Å²) in [6, 6.07) is 1.54. The zero-order valence-corrected chi connectivity index (χ0v) is 18.4. The largest absolute Gasteiger partial charge is 0.348 e. The molecular formula is C20H30N6O3S. The van der Waals surface area contributed by atoms with Crippen LogP contribution >= 0.6 is 0 Å². The van der Waals surface area contributed by atoms with E-state index in [-0.39, 0.29) is 22.9 Å². The van der Waals surface area contributed by atoms with Gasteiger partial charge in [-0.1, -0.05) is 19.3 Å². The number of hydrogen-bond donors (Lipinski definition) is 2. The van der Waals surface area contributed by atoms with E-state index in [2.05, 4.69) is 20.6 Å². The monoisotopic (exact) mass is 434 g/mol. The average molecular weight is 435 g/mol. The van der Waals surface area contributed by atoms with Crippen LogP contribution < -0.4 is 5.32 Å². The fourth-order valence-electron chi connectivity index (χ4n) is 4.58. The van der Waals surface area contributed by atoms with E-state index in [0.29, 0.717) is 36.6 Å². The molecule has 0 unspecified atom stereocenters. The number of sulfonamides is 1. The number of H-pyrrole nitrogens is 1. The smallest absolute Gasteiger partial charge is 0.271 e. The number of rotatable bonds is 6. The highest BCUT2D eigenvalue weighted by atomic mass is 32.2. The Morgan fingerprint density at radius 1 is 1.23 bits per heavy atom. The summed E-state index contributed by atoms with van der Waals surface area (Å²) in [5, 5.41) is 14.3. The van der Waals surface area contributed by atoms with Crippen molar-refractivity contribution in [3.8, 4) is 0 Å². The van der Waals surface area contributed by atoms with E-state index in [4.69, 9.17) is 0 Å². The van der Waals surface area contributed by atoms with Crippen LogP contribution in [-0.4, -0.2) is 51.2 Å². The van der Waals surface area contributed by atoms with E-state index < -0.39 is 10.0 Å². The van der Waals surface area contributed by atoms with Crippen molar-refractivity contribution in [3.63, 3.8) is 0 Å². The number of piperidine rings is 1. The molecule has 2 aromatic rings. The van der Waals surface area contributed by atoms with Crippen LogP contribution in [0.2, 0.25) is 0 Å². The SMILES string of the molecule is CCn1ncc(S(=O)(=O)N2CCCC[C@@H]2c2cc(C(=O)NC3CCCC3)n[nH]2)c1C. The molecule has 1 saturated carbocycles. The molecule has 10 heteroatoms. The lowest BCUT2D eigenvalue weighted by molar-refractivity contribution is 0.0932. The molecule has 9 nitrogen and oxygen atoms in total. The highest BCUT2D eigenvalue weighted by Gasteiger charge is 2.37. The maximum absolute atomic E-state index is 13.5. The molecule has 30 heavy (non-hydrogen) atoms. The third kappa shape index (κ3) is 3.90. The van der Waals surface area contributed by atoms with Crippen LogP contribution in [0.3, 0.4) is 0 Å². The summed E-state index contributed by atoms with van der Waals surface area (Å²) in [7, 11) is -3.71. The van der Waals surface area contributed by atoms with E-state index in [1.54, 1.807) is 17.7 Å². The number of nitrogens with zero attached hydrogens (tertiary/aromatic N) is 4. The van der Waals surface area contributed by atoms with Crippen LogP contribution in [0.4, 0.5) is 0 Å². The van der Waals surface area contributed by atoms with Gasteiger partial charge in [0, 0.05) is 19.1 Å². The van der Waals surface area contributed by atoms with E-state index in [9.17, 15) is 13.2 Å². The standard InChI is InChI=1S/C20H30N6O3S/c1-3-25-14(2)19(13-21-25)30(28,29)26-11-7-6-10-18(26)16-12-17(24-23-16)20(27)22-15-8-4-5-9-15/h12-13,15,18H,3-11H2,1-2H3,(H,22,27)(H,23,24)/t18-/m1/s1. The van der Waals surface area contributed by atoms with Gasteiger partial charge in [0.1, 0.15) is 10.6 Å². The fraction of sp³-hybridized carbons (Fsp3) is 0.650. The van der Waals surface area contributed by atoms with Crippen molar-refractivity contribution >= 4 is 15.9 Å². The van der Waals surface area contributed by atoms with Gasteiger partial charge in [0.2, 0.25) is 10.0 Å². The Morgan fingerprint density at radius 3 is 2.67 bits per heavy atom. The molecule has 2 aromatic heterocycles. The first-order valence-electron chi connectivity index (χ1n) is 10.8. The highest BCUT2D eigenvalue weighted by Crippen LogP contribution is 2.35. The zero-order chi connectivity index (χ0) is 21.3. The van der Waals surface area contributed by atoms with Crippen LogP contribution in [0.25, 0.3) is 0 Å². The molecule has 0 aromatic carbocycles. The first-order chi connectivity index (χ1) is 14.4. The van der Waals surface area contributed by atoms with Gasteiger partial charge in [0.05, 0.1) is 23.6 Å². The summed E-state index contributed by atoms with van der Waals surface area (Å²) < 4.78 is 30.1. The molecule has 2 N–H and O–H groups in total. The molecular weight excluding hydrogens is 404 g/mol. The topological polar surface area (TPSA) is 113 Å². The minimum atomic E-state index is -3.71. The fourth-order valence-corrected chi connectivity index (χ4v) is 6.42. The van der Waals surface area contributed by atoms with Gasteiger partial charge in [-0.3, -0.25) is 14.6 Å². The molecule has 1 amide bonds. The van der Waals surface area contributed by atoms with Crippen molar-refractivity contribution in [1.29, 1.82) is 0 Å². The molecule has 1 aliphatic carbocycles. The van der Waals surface area contributed by atoms with E-state index in [1.807, 2.05) is 6.92 Å². The predicted octanol–water partition coefficient (Wildman–Crippen LogP) is 2.52. The second-order valence-corrected chi connectivity index (χ2v) is 10.1. The number of carbonyl (C=O) groups excluding carboxylic acids is 1. The van der Waals surface area contributed by atoms with E-state index in [0.717, 1.165) is 38.5 Å². The van der Waals surface area contributed by atoms with Crippen LogP contribution in [0.5, 0.6) is 0 Å². The number of aromatic nitrogens is 4. The zero-order valence-electron chi connectivity index (χ0n) is 17.6. The van der Waals surface area contributed by atoms with Crippen molar-refractivity contribution < 1.29 is 13.2 Å². The van der Waals surface area contributed by atoms with Gasteiger partial charge in [0.25, 0.3) is 5.91 Å². The second kappa shape index (κ2) is 8.50. The predicted molar refractivity (Wildman–Crippen MR) is 111 cm³/mol. The molecule has 1 atom stereocenters. The first-order valence-corrected chi connectivity index (χ1v) is 12.3. The quantitative estimate of drug-likeness (QED) is 0.725. The maximum Gasteiger partial charge on any atom is 0.271 e. The van der Waals surface area contributed by atoms with E-state index in [1.165, 1.54) is 10.5 Å². The molecule has 2 fully saturated rings. The number of aromatic amines is 1. The van der Waals surface area contributed by atoms with Crippen molar-refractivity contribution in [2.24, 2.45) is 0 Å². The van der Waals surface area contributed by atoms with Crippen molar-refractivity contribution in [3.05, 3.63) is 29.3 Å². The lowest BCUT2D eigenvalue weighted by atomic mass is 10.0. The average Bonchev–Trinajstić information content (AvgIpc) is 3.49. The van der Waals surface area contributed by atoms with Gasteiger partial charge >= 0.3 is 0 Å². The third-order valence-corrected chi connectivity index (χ3v) is 8.29. The van der Waals surface area contributed by atoms with Crippen LogP contribution in [0.1, 0.15) is 79.8 Å². The van der Waals surface area contributed by atoms with Gasteiger partial charge in [-0.15, -0.1) is 0 Å². The highest BCUT2D eigenvalue weighted by molar-refractivity contribution is 7.89. The molecule has 4 rings (SSSR count). The summed E-state index contributed by atoms with van der Waals surface area (Å²) in [6.07, 6.45) is 8.13. The normalized spacial score (nSPS) is 21.2. The lowest BCUT2D eigenvalue weighted by Gasteiger charge is -2.33. The number of hydrogen-bond acceptors (Lipinski definition) is 5. The number of amides is 1. The summed E-state index contributed by atoms with van der Waals surface area (Å²) in [4.78, 5) is 12.8. The summed E-state index contributed by atoms with van der Waals surface area (Å²) >= 11 is 0. The van der Waals surface area contributed by atoms with E-state index >= 15 is 0 Å². The minimum absolute atomic E-state index is 0.199. The number of nitrogens with one attached hydrogen (secondary N) is 2. The van der Waals surface area contributed by atoms with Gasteiger partial charge in [-0.25, -0.2) is 8.42 Å². The van der Waals surface area contributed by atoms with Crippen molar-refractivity contribution in [1.82, 2.24) is 29.6 Å². The molecule has 164 valence electrons. The summed E-state index contributed by atoms with van der Waals surface area (Å²) in [6.45, 7) is 4.77. The molecule has 0 radical (unpaired) electrons. The van der Waals surface area contributed by atoms with Gasteiger partial charge in [-0.2, -0.15) is 14.5 Å². The second-order valence-electron chi connectivity index (χ2n) is 8.20. The van der Waals surface area contributed by atoms with Gasteiger partial charge in [0.15, 0.2) is 0 Å². The molecule has 0 spiro atoms. The summed E-state index contributed by atoms with van der Waals surface area (Å²) in [5.74, 6) is -0.199. The Labute approximate surface area is 177 Å². The number of aryl methyl sites for hydroxylation is 1. The molecule has 1 saturated heterocycles. The minimum Gasteiger partial charge on any atom is -0.348 e. The number of carbonyl (C=O) groups is 1. The molecule has 3 heterocycles. The Morgan fingerprint density at radius 2 is 1.97 bits per heavy atom. The third-order valence-electron chi connectivity index (χ3n) is 6.28. The van der Waals surface area contributed by atoms with Gasteiger partial charge in [-0.05, 0) is 45.6 Å². The molecule has 0 bridgehead atoms. The molecule has 1 aliphatic heterocycles. The van der Waals surface area contributed by atoms with Crippen molar-refractivity contribution in [2.75, 3.05) is 6.54 Å². The van der Waals surface area contributed by atoms with Crippen LogP contribution in [0.15, 0.2) is 17.2 Å². The Kier molecular flexibility index (Phi) is 5.97.